The van der Waals surface area contributed by atoms with Gasteiger partial charge >= 0.3 is 0 Å². The molecule has 0 aromatic heterocycles. The third kappa shape index (κ3) is 2.17. The molecule has 2 saturated heterocycles. The van der Waals surface area contributed by atoms with E-state index in [1.54, 1.807) is 0 Å². The molecule has 0 aromatic rings. The van der Waals surface area contributed by atoms with Gasteiger partial charge in [0.15, 0.2) is 0 Å². The fraction of sp³-hybridized carbons (Fsp3) is 0.917. The average molecular weight is 210 g/mol. The zero-order chi connectivity index (χ0) is 10.8. The normalized spacial score (nSPS) is 30.1. The predicted octanol–water partition coefficient (Wildman–Crippen LogP) is 1.48. The van der Waals surface area contributed by atoms with E-state index in [1.807, 2.05) is 0 Å². The van der Waals surface area contributed by atoms with Crippen LogP contribution in [0.25, 0.3) is 0 Å². The molecule has 15 heavy (non-hydrogen) atoms. The van der Waals surface area contributed by atoms with Crippen molar-refractivity contribution >= 4 is 5.91 Å². The number of hydrogen-bond donors (Lipinski definition) is 0. The van der Waals surface area contributed by atoms with Gasteiger partial charge in [-0.2, -0.15) is 0 Å². The molecule has 0 aliphatic carbocycles. The minimum atomic E-state index is 0.399. The molecule has 0 N–H and O–H groups in total. The molecule has 2 fully saturated rings. The smallest absolute Gasteiger partial charge is 0.223 e. The molecule has 2 rings (SSSR count). The Balaban J connectivity index is 1.99. The molecule has 0 aromatic carbocycles. The van der Waals surface area contributed by atoms with Gasteiger partial charge in [-0.05, 0) is 45.8 Å². The molecular formula is C12H22N2O. The van der Waals surface area contributed by atoms with Crippen LogP contribution in [0.3, 0.4) is 0 Å². The summed E-state index contributed by atoms with van der Waals surface area (Å²) in [4.78, 5) is 16.4. The van der Waals surface area contributed by atoms with E-state index in [1.165, 1.54) is 12.8 Å². The van der Waals surface area contributed by atoms with Crippen molar-refractivity contribution < 1.29 is 4.79 Å². The first-order valence-corrected chi connectivity index (χ1v) is 6.22. The summed E-state index contributed by atoms with van der Waals surface area (Å²) in [6, 6.07) is 1.06. The summed E-state index contributed by atoms with van der Waals surface area (Å²) in [5.41, 5.74) is 0. The predicted molar refractivity (Wildman–Crippen MR) is 60.7 cm³/mol. The molecule has 1 amide bonds. The Labute approximate surface area is 92.4 Å². The van der Waals surface area contributed by atoms with Gasteiger partial charge in [0.25, 0.3) is 0 Å². The minimum Gasteiger partial charge on any atom is -0.337 e. The molecular weight excluding hydrogens is 188 g/mol. The van der Waals surface area contributed by atoms with Gasteiger partial charge in [-0.15, -0.1) is 0 Å². The Morgan fingerprint density at radius 1 is 1.27 bits per heavy atom. The first-order valence-electron chi connectivity index (χ1n) is 6.22. The molecule has 0 radical (unpaired) electrons. The van der Waals surface area contributed by atoms with E-state index >= 15 is 0 Å². The van der Waals surface area contributed by atoms with E-state index in [-0.39, 0.29) is 0 Å². The Morgan fingerprint density at radius 3 is 2.53 bits per heavy atom. The van der Waals surface area contributed by atoms with Crippen molar-refractivity contribution in [3.63, 3.8) is 0 Å². The van der Waals surface area contributed by atoms with Crippen molar-refractivity contribution in [1.29, 1.82) is 0 Å². The second-order valence-corrected chi connectivity index (χ2v) is 4.94. The van der Waals surface area contributed by atoms with E-state index in [9.17, 15) is 4.79 Å². The van der Waals surface area contributed by atoms with Crippen molar-refractivity contribution in [3.8, 4) is 0 Å². The summed E-state index contributed by atoms with van der Waals surface area (Å²) >= 11 is 0. The van der Waals surface area contributed by atoms with Gasteiger partial charge in [-0.1, -0.05) is 6.92 Å². The quantitative estimate of drug-likeness (QED) is 0.689. The lowest BCUT2D eigenvalue weighted by atomic mass is 10.0. The maximum absolute atomic E-state index is 11.8. The highest BCUT2D eigenvalue weighted by Gasteiger charge is 2.35. The van der Waals surface area contributed by atoms with Crippen LogP contribution in [0, 0.1) is 0 Å². The van der Waals surface area contributed by atoms with Crippen molar-refractivity contribution in [2.45, 2.75) is 51.1 Å². The molecule has 0 spiro atoms. The first kappa shape index (κ1) is 10.9. The number of carbonyl (C=O) groups excluding carboxylic acids is 1. The van der Waals surface area contributed by atoms with Crippen LogP contribution < -0.4 is 0 Å². The monoisotopic (exact) mass is 210 g/mol. The highest BCUT2D eigenvalue weighted by atomic mass is 16.2. The van der Waals surface area contributed by atoms with Crippen molar-refractivity contribution in [3.05, 3.63) is 0 Å². The highest BCUT2D eigenvalue weighted by Crippen LogP contribution is 2.28. The second-order valence-electron chi connectivity index (χ2n) is 4.94. The highest BCUT2D eigenvalue weighted by molar-refractivity contribution is 5.79. The SMILES string of the molecule is CC[C@@H]1CCC(=O)N1C1CCN(C)CC1. The van der Waals surface area contributed by atoms with Gasteiger partial charge in [-0.3, -0.25) is 4.79 Å². The number of piperidine rings is 1. The molecule has 2 aliphatic rings. The van der Waals surface area contributed by atoms with Crippen LogP contribution in [-0.2, 0) is 4.79 Å². The summed E-state index contributed by atoms with van der Waals surface area (Å²) in [6.45, 7) is 4.49. The second kappa shape index (κ2) is 4.52. The minimum absolute atomic E-state index is 0.399. The zero-order valence-electron chi connectivity index (χ0n) is 9.91. The molecule has 0 bridgehead atoms. The van der Waals surface area contributed by atoms with Crippen LogP contribution in [0.1, 0.15) is 39.0 Å². The topological polar surface area (TPSA) is 23.6 Å². The van der Waals surface area contributed by atoms with Crippen molar-refractivity contribution in [1.82, 2.24) is 9.80 Å². The fourth-order valence-electron chi connectivity index (χ4n) is 2.94. The molecule has 2 heterocycles. The molecule has 3 nitrogen and oxygen atoms in total. The van der Waals surface area contributed by atoms with Gasteiger partial charge in [-0.25, -0.2) is 0 Å². The Hall–Kier alpha value is -0.570. The van der Waals surface area contributed by atoms with E-state index < -0.39 is 0 Å². The third-order valence-electron chi connectivity index (χ3n) is 3.93. The lowest BCUT2D eigenvalue weighted by Gasteiger charge is -2.38. The average Bonchev–Trinajstić information content (AvgIpc) is 2.61. The van der Waals surface area contributed by atoms with Crippen LogP contribution in [0.2, 0.25) is 0 Å². The van der Waals surface area contributed by atoms with Gasteiger partial charge < -0.3 is 9.80 Å². The van der Waals surface area contributed by atoms with E-state index in [0.717, 1.165) is 32.4 Å². The summed E-state index contributed by atoms with van der Waals surface area (Å²) in [5.74, 6) is 0.399. The molecule has 1 atom stereocenters. The number of amides is 1. The van der Waals surface area contributed by atoms with Gasteiger partial charge in [0.1, 0.15) is 0 Å². The number of likely N-dealkylation sites (tertiary alicyclic amines) is 2. The standard InChI is InChI=1S/C12H22N2O/c1-3-10-4-5-12(15)14(10)11-6-8-13(2)9-7-11/h10-11H,3-9H2,1-2H3/t10-/m1/s1. The van der Waals surface area contributed by atoms with Gasteiger partial charge in [0.2, 0.25) is 5.91 Å². The largest absolute Gasteiger partial charge is 0.337 e. The maximum atomic E-state index is 11.8. The first-order chi connectivity index (χ1) is 7.22. The van der Waals surface area contributed by atoms with Crippen LogP contribution in [-0.4, -0.2) is 47.9 Å². The van der Waals surface area contributed by atoms with E-state index in [4.69, 9.17) is 0 Å². The number of hydrogen-bond acceptors (Lipinski definition) is 2. The molecule has 0 unspecified atom stereocenters. The molecule has 86 valence electrons. The lowest BCUT2D eigenvalue weighted by Crippen LogP contribution is -2.47. The van der Waals surface area contributed by atoms with Crippen molar-refractivity contribution in [2.24, 2.45) is 0 Å². The van der Waals surface area contributed by atoms with Crippen LogP contribution >= 0.6 is 0 Å². The van der Waals surface area contributed by atoms with Crippen LogP contribution in [0.4, 0.5) is 0 Å². The molecule has 3 heteroatoms. The number of rotatable bonds is 2. The molecule has 2 aliphatic heterocycles. The summed E-state index contributed by atoms with van der Waals surface area (Å²) in [6.07, 6.45) is 5.32. The Morgan fingerprint density at radius 2 is 1.93 bits per heavy atom. The zero-order valence-corrected chi connectivity index (χ0v) is 9.91. The fourth-order valence-corrected chi connectivity index (χ4v) is 2.94. The Bertz CT molecular complexity index is 234. The van der Waals surface area contributed by atoms with Gasteiger partial charge in [0, 0.05) is 18.5 Å². The van der Waals surface area contributed by atoms with E-state index in [0.29, 0.717) is 18.0 Å². The summed E-state index contributed by atoms with van der Waals surface area (Å²) in [7, 11) is 2.17. The summed E-state index contributed by atoms with van der Waals surface area (Å²) in [5, 5.41) is 0. The molecule has 0 saturated carbocycles. The lowest BCUT2D eigenvalue weighted by molar-refractivity contribution is -0.132. The number of carbonyl (C=O) groups is 1. The van der Waals surface area contributed by atoms with Crippen molar-refractivity contribution in [2.75, 3.05) is 20.1 Å². The van der Waals surface area contributed by atoms with E-state index in [2.05, 4.69) is 23.8 Å². The summed E-state index contributed by atoms with van der Waals surface area (Å²) < 4.78 is 0. The maximum Gasteiger partial charge on any atom is 0.223 e. The van der Waals surface area contributed by atoms with Crippen LogP contribution in [0.5, 0.6) is 0 Å². The Kier molecular flexibility index (Phi) is 3.29. The number of nitrogens with zero attached hydrogens (tertiary/aromatic N) is 2. The third-order valence-corrected chi connectivity index (χ3v) is 3.93. The van der Waals surface area contributed by atoms with Gasteiger partial charge in [0.05, 0.1) is 0 Å². The van der Waals surface area contributed by atoms with Crippen LogP contribution in [0.15, 0.2) is 0 Å².